The van der Waals surface area contributed by atoms with E-state index in [1.54, 1.807) is 56.3 Å². The Bertz CT molecular complexity index is 1310. The SMILES string of the molecule is CC(C)N(C)S(=O)(=O)c1ccc(C(=O)Nc2ccc(Br)cc2C(=O)c2ccccc2Cl)cc1. The fraction of sp³-hybridized carbons (Fsp3) is 0.167. The van der Waals surface area contributed by atoms with Gasteiger partial charge in [-0.1, -0.05) is 39.7 Å². The molecule has 0 aliphatic rings. The molecule has 0 unspecified atom stereocenters. The summed E-state index contributed by atoms with van der Waals surface area (Å²) in [5, 5.41) is 3.05. The highest BCUT2D eigenvalue weighted by Gasteiger charge is 2.23. The molecule has 0 radical (unpaired) electrons. The molecule has 6 nitrogen and oxygen atoms in total. The van der Waals surface area contributed by atoms with E-state index in [0.717, 1.165) is 0 Å². The van der Waals surface area contributed by atoms with Gasteiger partial charge in [0, 0.05) is 34.3 Å². The van der Waals surface area contributed by atoms with Gasteiger partial charge in [-0.05, 0) is 68.4 Å². The summed E-state index contributed by atoms with van der Waals surface area (Å²) in [5.74, 6) is -0.818. The number of ketones is 1. The molecule has 0 spiro atoms. The average molecular weight is 550 g/mol. The van der Waals surface area contributed by atoms with Crippen LogP contribution >= 0.6 is 27.5 Å². The Balaban J connectivity index is 1.88. The molecule has 3 aromatic carbocycles. The fourth-order valence-corrected chi connectivity index (χ4v) is 4.97. The lowest BCUT2D eigenvalue weighted by Gasteiger charge is -2.21. The van der Waals surface area contributed by atoms with Crippen molar-refractivity contribution in [2.75, 3.05) is 12.4 Å². The number of sulfonamides is 1. The summed E-state index contributed by atoms with van der Waals surface area (Å²) in [6.07, 6.45) is 0. The minimum absolute atomic E-state index is 0.0912. The minimum atomic E-state index is -3.66. The zero-order valence-electron chi connectivity index (χ0n) is 18.2. The van der Waals surface area contributed by atoms with Crippen LogP contribution in [0, 0.1) is 0 Å². The van der Waals surface area contributed by atoms with Crippen molar-refractivity contribution in [1.29, 1.82) is 0 Å². The third kappa shape index (κ3) is 5.52. The number of carbonyl (C=O) groups is 2. The standard InChI is InChI=1S/C24H22BrClN2O4S/c1-15(2)28(3)33(31,32)18-11-8-16(9-12-18)24(30)27-22-13-10-17(25)14-20(22)23(29)19-6-4-5-7-21(19)26/h4-15H,1-3H3,(H,27,30). The Hall–Kier alpha value is -2.52. The maximum atomic E-state index is 13.1. The van der Waals surface area contributed by atoms with Crippen LogP contribution in [0.25, 0.3) is 0 Å². The lowest BCUT2D eigenvalue weighted by atomic mass is 10.0. The van der Waals surface area contributed by atoms with E-state index in [-0.39, 0.29) is 27.8 Å². The van der Waals surface area contributed by atoms with Crippen molar-refractivity contribution in [3.05, 3.63) is 92.9 Å². The van der Waals surface area contributed by atoms with Gasteiger partial charge in [0.05, 0.1) is 15.6 Å². The smallest absolute Gasteiger partial charge is 0.255 e. The van der Waals surface area contributed by atoms with Crippen LogP contribution in [-0.4, -0.2) is 37.5 Å². The van der Waals surface area contributed by atoms with Crippen molar-refractivity contribution in [1.82, 2.24) is 4.31 Å². The van der Waals surface area contributed by atoms with Crippen LogP contribution in [0.15, 0.2) is 76.1 Å². The van der Waals surface area contributed by atoms with Crippen LogP contribution < -0.4 is 5.32 Å². The normalized spacial score (nSPS) is 11.6. The third-order valence-corrected chi connectivity index (χ3v) is 7.98. The van der Waals surface area contributed by atoms with E-state index in [1.165, 1.54) is 35.6 Å². The molecule has 33 heavy (non-hydrogen) atoms. The highest BCUT2D eigenvalue weighted by Crippen LogP contribution is 2.27. The number of benzene rings is 3. The molecule has 172 valence electrons. The summed E-state index contributed by atoms with van der Waals surface area (Å²) in [4.78, 5) is 26.1. The number of anilines is 1. The Morgan fingerprint density at radius 2 is 1.61 bits per heavy atom. The van der Waals surface area contributed by atoms with Gasteiger partial charge in [-0.3, -0.25) is 9.59 Å². The number of rotatable bonds is 7. The van der Waals surface area contributed by atoms with E-state index in [0.29, 0.717) is 20.7 Å². The van der Waals surface area contributed by atoms with Gasteiger partial charge in [0.15, 0.2) is 5.78 Å². The summed E-state index contributed by atoms with van der Waals surface area (Å²) in [6.45, 7) is 3.55. The average Bonchev–Trinajstić information content (AvgIpc) is 2.79. The van der Waals surface area contributed by atoms with E-state index in [1.807, 2.05) is 0 Å². The molecule has 9 heteroatoms. The van der Waals surface area contributed by atoms with Gasteiger partial charge in [0.2, 0.25) is 10.0 Å². The fourth-order valence-electron chi connectivity index (χ4n) is 3.02. The van der Waals surface area contributed by atoms with Crippen LogP contribution in [0.2, 0.25) is 5.02 Å². The molecule has 0 aromatic heterocycles. The lowest BCUT2D eigenvalue weighted by Crippen LogP contribution is -2.33. The van der Waals surface area contributed by atoms with E-state index in [4.69, 9.17) is 11.6 Å². The van der Waals surface area contributed by atoms with Crippen LogP contribution in [0.1, 0.15) is 40.1 Å². The van der Waals surface area contributed by atoms with Gasteiger partial charge < -0.3 is 5.32 Å². The van der Waals surface area contributed by atoms with E-state index in [9.17, 15) is 18.0 Å². The van der Waals surface area contributed by atoms with Gasteiger partial charge in [0.1, 0.15) is 0 Å². The highest BCUT2D eigenvalue weighted by molar-refractivity contribution is 9.10. The molecular weight excluding hydrogens is 528 g/mol. The van der Waals surface area contributed by atoms with E-state index >= 15 is 0 Å². The summed E-state index contributed by atoms with van der Waals surface area (Å²) in [7, 11) is -2.15. The number of nitrogens with zero attached hydrogens (tertiary/aromatic N) is 1. The van der Waals surface area contributed by atoms with Crippen molar-refractivity contribution in [2.45, 2.75) is 24.8 Å². The number of halogens is 2. The topological polar surface area (TPSA) is 83.6 Å². The molecule has 1 N–H and O–H groups in total. The van der Waals surface area contributed by atoms with Crippen LogP contribution in [0.5, 0.6) is 0 Å². The maximum absolute atomic E-state index is 13.1. The van der Waals surface area contributed by atoms with Crippen molar-refractivity contribution < 1.29 is 18.0 Å². The van der Waals surface area contributed by atoms with Crippen LogP contribution in [0.4, 0.5) is 5.69 Å². The number of carbonyl (C=O) groups excluding carboxylic acids is 2. The number of hydrogen-bond donors (Lipinski definition) is 1. The van der Waals surface area contributed by atoms with Gasteiger partial charge in [-0.15, -0.1) is 0 Å². The summed E-state index contributed by atoms with van der Waals surface area (Å²) in [5.41, 5.74) is 1.14. The number of nitrogens with one attached hydrogen (secondary N) is 1. The van der Waals surface area contributed by atoms with Crippen LogP contribution in [-0.2, 0) is 10.0 Å². The molecule has 0 saturated carbocycles. The zero-order valence-corrected chi connectivity index (χ0v) is 21.3. The Morgan fingerprint density at radius 1 is 0.970 bits per heavy atom. The second-order valence-corrected chi connectivity index (χ2v) is 10.9. The zero-order chi connectivity index (χ0) is 24.3. The summed E-state index contributed by atoms with van der Waals surface area (Å²) >= 11 is 9.54. The monoisotopic (exact) mass is 548 g/mol. The second-order valence-electron chi connectivity index (χ2n) is 7.59. The van der Waals surface area contributed by atoms with Crippen molar-refractivity contribution in [3.8, 4) is 0 Å². The number of hydrogen-bond acceptors (Lipinski definition) is 4. The summed E-state index contributed by atoms with van der Waals surface area (Å²) in [6, 6.07) is 17.0. The molecule has 1 amide bonds. The largest absolute Gasteiger partial charge is 0.321 e. The molecule has 0 bridgehead atoms. The molecule has 3 rings (SSSR count). The summed E-state index contributed by atoms with van der Waals surface area (Å²) < 4.78 is 27.2. The second kappa shape index (κ2) is 10.2. The molecule has 0 heterocycles. The molecule has 0 saturated heterocycles. The quantitative estimate of drug-likeness (QED) is 0.388. The Kier molecular flexibility index (Phi) is 7.74. The molecule has 3 aromatic rings. The van der Waals surface area contributed by atoms with Gasteiger partial charge >= 0.3 is 0 Å². The van der Waals surface area contributed by atoms with Gasteiger partial charge in [0.25, 0.3) is 5.91 Å². The first-order valence-corrected chi connectivity index (χ1v) is 12.6. The molecule has 0 atom stereocenters. The third-order valence-electron chi connectivity index (χ3n) is 5.11. The first-order valence-electron chi connectivity index (χ1n) is 10.0. The van der Waals surface area contributed by atoms with Crippen molar-refractivity contribution in [2.24, 2.45) is 0 Å². The minimum Gasteiger partial charge on any atom is -0.321 e. The van der Waals surface area contributed by atoms with E-state index in [2.05, 4.69) is 21.2 Å². The van der Waals surface area contributed by atoms with Gasteiger partial charge in [-0.2, -0.15) is 4.31 Å². The predicted molar refractivity (Wildman–Crippen MR) is 134 cm³/mol. The molecular formula is C24H22BrClN2O4S. The van der Waals surface area contributed by atoms with Gasteiger partial charge in [-0.25, -0.2) is 8.42 Å². The Morgan fingerprint density at radius 3 is 2.21 bits per heavy atom. The molecule has 0 fully saturated rings. The van der Waals surface area contributed by atoms with Crippen LogP contribution in [0.3, 0.4) is 0 Å². The lowest BCUT2D eigenvalue weighted by molar-refractivity contribution is 0.102. The first-order chi connectivity index (χ1) is 15.5. The maximum Gasteiger partial charge on any atom is 0.255 e. The highest BCUT2D eigenvalue weighted by atomic mass is 79.9. The first kappa shape index (κ1) is 25.1. The molecule has 0 aliphatic carbocycles. The van der Waals surface area contributed by atoms with Crippen molar-refractivity contribution in [3.63, 3.8) is 0 Å². The van der Waals surface area contributed by atoms with Crippen molar-refractivity contribution >= 4 is 54.9 Å². The predicted octanol–water partition coefficient (Wildman–Crippen LogP) is 5.61. The van der Waals surface area contributed by atoms with E-state index < -0.39 is 15.9 Å². The Labute approximate surface area is 206 Å². The number of amides is 1. The molecule has 0 aliphatic heterocycles.